The summed E-state index contributed by atoms with van der Waals surface area (Å²) in [6.07, 6.45) is 7.15. The zero-order valence-electron chi connectivity index (χ0n) is 12.0. The van der Waals surface area contributed by atoms with Crippen LogP contribution in [0.2, 0.25) is 0 Å². The average Bonchev–Trinajstić information content (AvgIpc) is 2.39. The minimum Gasteiger partial charge on any atom is -0.459 e. The number of hydrogen-bond donors (Lipinski definition) is 0. The molecule has 0 heterocycles. The first kappa shape index (κ1) is 13.7. The Morgan fingerprint density at radius 2 is 1.90 bits per heavy atom. The van der Waals surface area contributed by atoms with Crippen LogP contribution < -0.4 is 0 Å². The molecule has 0 radical (unpaired) electrons. The summed E-state index contributed by atoms with van der Waals surface area (Å²) >= 11 is 0. The van der Waals surface area contributed by atoms with Gasteiger partial charge in [-0.1, -0.05) is 13.5 Å². The van der Waals surface area contributed by atoms with Gasteiger partial charge in [0, 0.05) is 11.5 Å². The summed E-state index contributed by atoms with van der Waals surface area (Å²) in [6.45, 7) is 5.24. The van der Waals surface area contributed by atoms with Crippen LogP contribution in [-0.2, 0) is 19.1 Å². The molecule has 4 nitrogen and oxygen atoms in total. The second kappa shape index (κ2) is 4.90. The van der Waals surface area contributed by atoms with E-state index in [2.05, 4.69) is 13.5 Å². The van der Waals surface area contributed by atoms with Crippen LogP contribution in [0.25, 0.3) is 0 Å². The fourth-order valence-electron chi connectivity index (χ4n) is 5.00. The Hall–Kier alpha value is -1.32. The van der Waals surface area contributed by atoms with Gasteiger partial charge < -0.3 is 9.47 Å². The van der Waals surface area contributed by atoms with Crippen molar-refractivity contribution in [3.05, 3.63) is 12.7 Å². The van der Waals surface area contributed by atoms with Crippen molar-refractivity contribution in [2.45, 2.75) is 45.1 Å². The molecule has 4 heteroatoms. The first-order chi connectivity index (χ1) is 9.50. The van der Waals surface area contributed by atoms with E-state index in [1.807, 2.05) is 0 Å². The number of esters is 2. The Balaban J connectivity index is 1.61. The van der Waals surface area contributed by atoms with Crippen molar-refractivity contribution >= 4 is 11.9 Å². The van der Waals surface area contributed by atoms with Crippen molar-refractivity contribution in [2.75, 3.05) is 6.61 Å². The maximum atomic E-state index is 11.9. The fourth-order valence-corrected chi connectivity index (χ4v) is 5.00. The van der Waals surface area contributed by atoms with Crippen molar-refractivity contribution < 1.29 is 19.1 Å². The molecule has 4 fully saturated rings. The number of rotatable bonds is 4. The molecule has 0 aromatic heterocycles. The molecule has 0 aromatic rings. The van der Waals surface area contributed by atoms with E-state index in [4.69, 9.17) is 9.47 Å². The predicted octanol–water partition coefficient (Wildman–Crippen LogP) is 2.47. The van der Waals surface area contributed by atoms with Gasteiger partial charge in [-0.05, 0) is 49.9 Å². The van der Waals surface area contributed by atoms with Gasteiger partial charge in [-0.15, -0.1) is 0 Å². The second-order valence-corrected chi connectivity index (χ2v) is 6.98. The lowest BCUT2D eigenvalue weighted by atomic mass is 9.49. The highest BCUT2D eigenvalue weighted by Gasteiger charge is 2.56. The highest BCUT2D eigenvalue weighted by atomic mass is 16.6. The minimum atomic E-state index is -0.585. The number of ether oxygens (including phenoxy) is 2. The molecular weight excluding hydrogens is 256 g/mol. The van der Waals surface area contributed by atoms with Gasteiger partial charge in [0.05, 0.1) is 0 Å². The van der Waals surface area contributed by atoms with E-state index in [1.165, 1.54) is 32.1 Å². The molecule has 0 saturated heterocycles. The SMILES string of the molecule is C=CC(=O)OCC(=O)OC1C2CC3CC(C2)CC1(C)C3. The summed E-state index contributed by atoms with van der Waals surface area (Å²) in [5.41, 5.74) is 0.132. The summed E-state index contributed by atoms with van der Waals surface area (Å²) in [6, 6.07) is 0. The second-order valence-electron chi connectivity index (χ2n) is 6.98. The molecule has 0 amide bonds. The van der Waals surface area contributed by atoms with Crippen LogP contribution in [0.5, 0.6) is 0 Å². The summed E-state index contributed by atoms with van der Waals surface area (Å²) in [5, 5.41) is 0. The largest absolute Gasteiger partial charge is 0.459 e. The summed E-state index contributed by atoms with van der Waals surface area (Å²) < 4.78 is 10.4. The van der Waals surface area contributed by atoms with Crippen molar-refractivity contribution in [3.63, 3.8) is 0 Å². The van der Waals surface area contributed by atoms with E-state index in [0.29, 0.717) is 5.92 Å². The Morgan fingerprint density at radius 1 is 1.25 bits per heavy atom. The van der Waals surface area contributed by atoms with E-state index < -0.39 is 11.9 Å². The standard InChI is InChI=1S/C16H22O4/c1-3-13(17)19-9-14(18)20-15-12-5-10-4-11(6-12)8-16(15,2)7-10/h3,10-12,15H,1,4-9H2,2H3. The van der Waals surface area contributed by atoms with Gasteiger partial charge in [0.1, 0.15) is 6.10 Å². The molecule has 4 saturated carbocycles. The third-order valence-electron chi connectivity index (χ3n) is 5.32. The number of carbonyl (C=O) groups excluding carboxylic acids is 2. The summed E-state index contributed by atoms with van der Waals surface area (Å²) in [7, 11) is 0. The lowest BCUT2D eigenvalue weighted by Gasteiger charge is -2.59. The number of carbonyl (C=O) groups is 2. The van der Waals surface area contributed by atoms with Crippen LogP contribution >= 0.6 is 0 Å². The van der Waals surface area contributed by atoms with Crippen LogP contribution in [0.1, 0.15) is 39.0 Å². The van der Waals surface area contributed by atoms with Gasteiger partial charge in [-0.25, -0.2) is 9.59 Å². The highest BCUT2D eigenvalue weighted by molar-refractivity contribution is 5.83. The summed E-state index contributed by atoms with van der Waals surface area (Å²) in [5.74, 6) is 1.14. The molecule has 4 rings (SSSR count). The molecule has 0 spiro atoms. The van der Waals surface area contributed by atoms with Crippen molar-refractivity contribution in [3.8, 4) is 0 Å². The van der Waals surface area contributed by atoms with Crippen molar-refractivity contribution in [2.24, 2.45) is 23.2 Å². The Kier molecular flexibility index (Phi) is 3.35. The molecule has 4 aliphatic rings. The topological polar surface area (TPSA) is 52.6 Å². The first-order valence-electron chi connectivity index (χ1n) is 7.49. The molecule has 4 bridgehead atoms. The highest BCUT2D eigenvalue weighted by Crippen LogP contribution is 2.60. The van der Waals surface area contributed by atoms with Gasteiger partial charge >= 0.3 is 11.9 Å². The van der Waals surface area contributed by atoms with Crippen molar-refractivity contribution in [1.29, 1.82) is 0 Å². The molecule has 4 aliphatic carbocycles. The van der Waals surface area contributed by atoms with Crippen LogP contribution in [0.4, 0.5) is 0 Å². The Morgan fingerprint density at radius 3 is 2.45 bits per heavy atom. The average molecular weight is 278 g/mol. The summed E-state index contributed by atoms with van der Waals surface area (Å²) in [4.78, 5) is 22.8. The molecule has 3 unspecified atom stereocenters. The van der Waals surface area contributed by atoms with Crippen molar-refractivity contribution in [1.82, 2.24) is 0 Å². The quantitative estimate of drug-likeness (QED) is 0.585. The van der Waals surface area contributed by atoms with Gasteiger partial charge in [-0.2, -0.15) is 0 Å². The molecular formula is C16H22O4. The third kappa shape index (κ3) is 2.36. The smallest absolute Gasteiger partial charge is 0.344 e. The first-order valence-corrected chi connectivity index (χ1v) is 7.49. The van der Waals surface area contributed by atoms with Gasteiger partial charge in [-0.3, -0.25) is 0 Å². The maximum Gasteiger partial charge on any atom is 0.344 e. The lowest BCUT2D eigenvalue weighted by molar-refractivity contribution is -0.194. The zero-order valence-corrected chi connectivity index (χ0v) is 12.0. The van der Waals surface area contributed by atoms with E-state index >= 15 is 0 Å². The van der Waals surface area contributed by atoms with E-state index in [-0.39, 0.29) is 18.1 Å². The van der Waals surface area contributed by atoms with Crippen LogP contribution in [0, 0.1) is 23.2 Å². The van der Waals surface area contributed by atoms with E-state index in [0.717, 1.165) is 17.9 Å². The molecule has 110 valence electrons. The van der Waals surface area contributed by atoms with Gasteiger partial charge in [0.2, 0.25) is 0 Å². The van der Waals surface area contributed by atoms with E-state index in [1.54, 1.807) is 0 Å². The molecule has 20 heavy (non-hydrogen) atoms. The zero-order chi connectivity index (χ0) is 14.3. The predicted molar refractivity (Wildman–Crippen MR) is 72.7 cm³/mol. The van der Waals surface area contributed by atoms with Crippen LogP contribution in [0.15, 0.2) is 12.7 Å². The molecule has 3 atom stereocenters. The van der Waals surface area contributed by atoms with Gasteiger partial charge in [0.25, 0.3) is 0 Å². The van der Waals surface area contributed by atoms with Crippen LogP contribution in [-0.4, -0.2) is 24.6 Å². The molecule has 0 N–H and O–H groups in total. The lowest BCUT2D eigenvalue weighted by Crippen LogP contribution is -2.56. The Bertz CT molecular complexity index is 428. The van der Waals surface area contributed by atoms with Crippen LogP contribution in [0.3, 0.4) is 0 Å². The Labute approximate surface area is 119 Å². The molecule has 0 aromatic carbocycles. The van der Waals surface area contributed by atoms with Gasteiger partial charge in [0.15, 0.2) is 6.61 Å². The number of hydrogen-bond acceptors (Lipinski definition) is 4. The maximum absolute atomic E-state index is 11.9. The normalized spacial score (nSPS) is 41.2. The third-order valence-corrected chi connectivity index (χ3v) is 5.32. The van der Waals surface area contributed by atoms with E-state index in [9.17, 15) is 9.59 Å². The fraction of sp³-hybridized carbons (Fsp3) is 0.750. The monoisotopic (exact) mass is 278 g/mol. The minimum absolute atomic E-state index is 0.00485. The molecule has 0 aliphatic heterocycles.